The molecule has 0 radical (unpaired) electrons. The van der Waals surface area contributed by atoms with E-state index in [9.17, 15) is 27.6 Å². The predicted octanol–water partition coefficient (Wildman–Crippen LogP) is 6.65. The number of carboxylic acids is 1. The molecule has 4 aromatic rings. The van der Waals surface area contributed by atoms with Gasteiger partial charge >= 0.3 is 12.1 Å². The van der Waals surface area contributed by atoms with Gasteiger partial charge in [-0.25, -0.2) is 9.78 Å². The molecule has 1 aliphatic heterocycles. The summed E-state index contributed by atoms with van der Waals surface area (Å²) in [6.45, 7) is 2.77. The smallest absolute Gasteiger partial charge is 0.490 e. The Kier molecular flexibility index (Phi) is 16.0. The van der Waals surface area contributed by atoms with Crippen LogP contribution in [0.5, 0.6) is 11.5 Å². The number of halogens is 3. The summed E-state index contributed by atoms with van der Waals surface area (Å²) in [5, 5.41) is 18.4. The van der Waals surface area contributed by atoms with Gasteiger partial charge in [-0.2, -0.15) is 13.2 Å². The zero-order valence-corrected chi connectivity index (χ0v) is 32.6. The molecule has 1 aliphatic carbocycles. The van der Waals surface area contributed by atoms with Crippen LogP contribution in [0.15, 0.2) is 77.6 Å². The topological polar surface area (TPSA) is 185 Å². The molecule has 3 amide bonds. The Bertz CT molecular complexity index is 1980. The van der Waals surface area contributed by atoms with Crippen LogP contribution < -0.4 is 31.2 Å². The first-order valence-electron chi connectivity index (χ1n) is 19.0. The second kappa shape index (κ2) is 21.3. The van der Waals surface area contributed by atoms with Crippen LogP contribution in [-0.4, -0.2) is 83.2 Å². The first kappa shape index (κ1) is 43.6. The molecular formula is C41H47F3N6O7S. The summed E-state index contributed by atoms with van der Waals surface area (Å²) < 4.78 is 43.2. The fourth-order valence-corrected chi connectivity index (χ4v) is 6.56. The Hall–Kier alpha value is -5.52. The van der Waals surface area contributed by atoms with Crippen molar-refractivity contribution in [3.63, 3.8) is 0 Å². The molecule has 3 aromatic carbocycles. The average Bonchev–Trinajstić information content (AvgIpc) is 3.92. The number of fused-ring (bicyclic) bond motifs is 1. The van der Waals surface area contributed by atoms with Crippen molar-refractivity contribution in [3.05, 3.63) is 100 Å². The number of amides is 3. The molecule has 1 fully saturated rings. The molecule has 1 aromatic heterocycles. The molecule has 1 saturated carbocycles. The number of carboxylic acid groups (broad SMARTS) is 1. The van der Waals surface area contributed by atoms with E-state index >= 15 is 0 Å². The first-order chi connectivity index (χ1) is 27.9. The largest absolute Gasteiger partial charge is 0.494 e. The summed E-state index contributed by atoms with van der Waals surface area (Å²) in [6.07, 6.45) is 3.17. The van der Waals surface area contributed by atoms with Crippen LogP contribution in [0, 0.1) is 0 Å². The highest BCUT2D eigenvalue weighted by atomic mass is 32.1. The predicted molar refractivity (Wildman–Crippen MR) is 213 cm³/mol. The van der Waals surface area contributed by atoms with Gasteiger partial charge in [0.05, 0.1) is 23.5 Å². The molecule has 310 valence electrons. The number of aliphatic carboxylic acids is 1. The summed E-state index contributed by atoms with van der Waals surface area (Å²) in [7, 11) is 0. The van der Waals surface area contributed by atoms with Crippen molar-refractivity contribution in [1.29, 1.82) is 0 Å². The molecule has 0 saturated heterocycles. The minimum atomic E-state index is -5.08. The number of hydrogen-bond donors (Lipinski definition) is 5. The van der Waals surface area contributed by atoms with Crippen molar-refractivity contribution >= 4 is 46.4 Å². The zero-order chi connectivity index (χ0) is 41.5. The lowest BCUT2D eigenvalue weighted by Gasteiger charge is -2.24. The Morgan fingerprint density at radius 2 is 1.74 bits per heavy atom. The molecule has 0 unspecified atom stereocenters. The van der Waals surface area contributed by atoms with Gasteiger partial charge in [0.1, 0.15) is 11.5 Å². The molecular weight excluding hydrogens is 778 g/mol. The van der Waals surface area contributed by atoms with Gasteiger partial charge in [-0.1, -0.05) is 37.5 Å². The second-order valence-electron chi connectivity index (χ2n) is 14.0. The lowest BCUT2D eigenvalue weighted by Crippen LogP contribution is -2.36. The summed E-state index contributed by atoms with van der Waals surface area (Å²) in [4.78, 5) is 53.2. The van der Waals surface area contributed by atoms with Crippen LogP contribution in [0.2, 0.25) is 0 Å². The summed E-state index contributed by atoms with van der Waals surface area (Å²) >= 11 is 1.60. The highest BCUT2D eigenvalue weighted by molar-refractivity contribution is 7.07. The molecule has 17 heteroatoms. The molecule has 1 atom stereocenters. The van der Waals surface area contributed by atoms with Crippen LogP contribution in [-0.2, 0) is 22.6 Å². The van der Waals surface area contributed by atoms with Crippen molar-refractivity contribution in [2.45, 2.75) is 76.2 Å². The van der Waals surface area contributed by atoms with Gasteiger partial charge in [0.15, 0.2) is 6.61 Å². The van der Waals surface area contributed by atoms with Gasteiger partial charge in [-0.15, -0.1) is 11.3 Å². The minimum absolute atomic E-state index is 0.0667. The van der Waals surface area contributed by atoms with Gasteiger partial charge in [0, 0.05) is 59.9 Å². The molecule has 2 heterocycles. The number of nitrogens with zero attached hydrogens (tertiary/aromatic N) is 2. The standard InChI is InChI=1S/C39H46N6O5S.C2HF3O2/c40-30(20-32-25-51-26-42-32)22-41-17-4-2-1-3-5-18-49-34-8-6-7-31(21-34)43-38(47)28-11-9-27(10-12-28)23-45(33-14-15-33)39(48)29-13-16-35-36(19-29)50-24-37(46)44-35;3-2(4,5)1(6)7/h6-13,16,19,21,25-26,30,33,41H,1-5,14-15,17-18,20,22-24,40H2,(H,43,47)(H,44,46);(H,6,7)/t30-;/m0./s1. The van der Waals surface area contributed by atoms with E-state index in [1.165, 1.54) is 6.42 Å². The fraction of sp³-hybridized carbons (Fsp3) is 0.390. The van der Waals surface area contributed by atoms with E-state index in [4.69, 9.17) is 25.1 Å². The number of carbonyl (C=O) groups excluding carboxylic acids is 3. The number of anilines is 2. The highest BCUT2D eigenvalue weighted by Crippen LogP contribution is 2.33. The molecule has 0 spiro atoms. The third-order valence-corrected chi connectivity index (χ3v) is 9.78. The third kappa shape index (κ3) is 14.1. The van der Waals surface area contributed by atoms with Crippen molar-refractivity contribution in [1.82, 2.24) is 15.2 Å². The number of nitrogens with two attached hydrogens (primary N) is 1. The lowest BCUT2D eigenvalue weighted by molar-refractivity contribution is -0.192. The summed E-state index contributed by atoms with van der Waals surface area (Å²) in [5.41, 5.74) is 12.3. The van der Waals surface area contributed by atoms with Crippen LogP contribution in [0.25, 0.3) is 0 Å². The number of alkyl halides is 3. The van der Waals surface area contributed by atoms with Gasteiger partial charge in [-0.05, 0) is 80.3 Å². The second-order valence-corrected chi connectivity index (χ2v) is 14.7. The number of carbonyl (C=O) groups is 4. The number of rotatable bonds is 19. The highest BCUT2D eigenvalue weighted by Gasteiger charge is 2.38. The van der Waals surface area contributed by atoms with E-state index in [-0.39, 0.29) is 36.4 Å². The van der Waals surface area contributed by atoms with Crippen molar-refractivity contribution in [2.75, 3.05) is 36.9 Å². The molecule has 13 nitrogen and oxygen atoms in total. The maximum Gasteiger partial charge on any atom is 0.490 e. The number of thiazole rings is 1. The number of benzene rings is 3. The van der Waals surface area contributed by atoms with E-state index in [0.29, 0.717) is 41.4 Å². The van der Waals surface area contributed by atoms with Gasteiger partial charge < -0.3 is 41.2 Å². The van der Waals surface area contributed by atoms with E-state index in [1.807, 2.05) is 46.8 Å². The maximum atomic E-state index is 13.5. The number of ether oxygens (including phenoxy) is 2. The van der Waals surface area contributed by atoms with Crippen LogP contribution >= 0.6 is 11.3 Å². The van der Waals surface area contributed by atoms with E-state index < -0.39 is 12.1 Å². The normalized spacial score (nSPS) is 13.8. The third-order valence-electron chi connectivity index (χ3n) is 9.14. The van der Waals surface area contributed by atoms with Crippen LogP contribution in [0.1, 0.15) is 76.9 Å². The van der Waals surface area contributed by atoms with Crippen molar-refractivity contribution in [3.8, 4) is 11.5 Å². The number of hydrogen-bond acceptors (Lipinski definition) is 10. The van der Waals surface area contributed by atoms with Crippen molar-refractivity contribution in [2.24, 2.45) is 5.73 Å². The Morgan fingerprint density at radius 1 is 1.02 bits per heavy atom. The van der Waals surface area contributed by atoms with E-state index in [1.54, 1.807) is 41.7 Å². The zero-order valence-electron chi connectivity index (χ0n) is 31.8. The van der Waals surface area contributed by atoms with E-state index in [2.05, 4.69) is 26.3 Å². The number of unbranched alkanes of at least 4 members (excludes halogenated alkanes) is 4. The minimum Gasteiger partial charge on any atom is -0.494 e. The van der Waals surface area contributed by atoms with Crippen molar-refractivity contribution < 1.29 is 46.9 Å². The lowest BCUT2D eigenvalue weighted by atomic mass is 10.1. The van der Waals surface area contributed by atoms with E-state index in [0.717, 1.165) is 75.0 Å². The molecule has 2 aliphatic rings. The number of nitrogens with one attached hydrogen (secondary N) is 3. The van der Waals surface area contributed by atoms with Crippen LogP contribution in [0.3, 0.4) is 0 Å². The molecule has 58 heavy (non-hydrogen) atoms. The Labute approximate surface area is 338 Å². The number of aromatic nitrogens is 1. The van der Waals surface area contributed by atoms with Gasteiger partial charge in [0.25, 0.3) is 17.7 Å². The summed E-state index contributed by atoms with van der Waals surface area (Å²) in [6, 6.07) is 20.2. The average molecular weight is 825 g/mol. The quantitative estimate of drug-likeness (QED) is 0.0642. The van der Waals surface area contributed by atoms with Crippen LogP contribution in [0.4, 0.5) is 24.5 Å². The van der Waals surface area contributed by atoms with Gasteiger partial charge in [0.2, 0.25) is 0 Å². The monoisotopic (exact) mass is 824 g/mol. The molecule has 6 rings (SSSR count). The maximum absolute atomic E-state index is 13.5. The molecule has 6 N–H and O–H groups in total. The Balaban J connectivity index is 0.000000839. The fourth-order valence-electron chi connectivity index (χ4n) is 5.99. The first-order valence-corrected chi connectivity index (χ1v) is 19.9. The summed E-state index contributed by atoms with van der Waals surface area (Å²) in [5.74, 6) is -2.06. The molecule has 0 bridgehead atoms. The Morgan fingerprint density at radius 3 is 2.45 bits per heavy atom. The SMILES string of the molecule is N[C@H](CNCCCCCCCOc1cccc(NC(=O)c2ccc(CN(C(=O)c3ccc4c(c3)OCC(=O)N4)C3CC3)cc2)c1)Cc1cscn1.O=C(O)C(F)(F)F. The van der Waals surface area contributed by atoms with Gasteiger partial charge in [-0.3, -0.25) is 14.4 Å².